The first-order chi connectivity index (χ1) is 6.94. The van der Waals surface area contributed by atoms with Crippen LogP contribution in [0, 0.1) is 11.3 Å². The number of hydrogen-bond donors (Lipinski definition) is 0. The highest BCUT2D eigenvalue weighted by atomic mass is 16.6. The highest BCUT2D eigenvalue weighted by Crippen LogP contribution is 2.25. The standard InChI is InChI=1S/C11H18N2O2/c1-11(2,3)15-10(14)13(8-7-12)9-5-4-6-9/h9H,4-6,8H2,1-3H3. The molecule has 1 saturated carbocycles. The first kappa shape index (κ1) is 11.8. The maximum absolute atomic E-state index is 11.7. The van der Waals surface area contributed by atoms with Crippen molar-refractivity contribution in [2.24, 2.45) is 0 Å². The second-order valence-corrected chi connectivity index (χ2v) is 4.85. The summed E-state index contributed by atoms with van der Waals surface area (Å²) in [5.41, 5.74) is -0.492. The molecule has 1 aliphatic carbocycles. The Morgan fingerprint density at radius 3 is 2.47 bits per heavy atom. The summed E-state index contributed by atoms with van der Waals surface area (Å²) in [6.45, 7) is 5.61. The van der Waals surface area contributed by atoms with Gasteiger partial charge in [-0.15, -0.1) is 0 Å². The lowest BCUT2D eigenvalue weighted by molar-refractivity contribution is 0.0108. The van der Waals surface area contributed by atoms with Gasteiger partial charge in [-0.1, -0.05) is 0 Å². The average molecular weight is 210 g/mol. The van der Waals surface area contributed by atoms with Gasteiger partial charge in [0.05, 0.1) is 6.07 Å². The lowest BCUT2D eigenvalue weighted by atomic mass is 9.92. The van der Waals surface area contributed by atoms with Crippen LogP contribution >= 0.6 is 0 Å². The highest BCUT2D eigenvalue weighted by molar-refractivity contribution is 5.69. The molecule has 0 spiro atoms. The third-order valence-electron chi connectivity index (χ3n) is 2.38. The Hall–Kier alpha value is -1.24. The monoisotopic (exact) mass is 210 g/mol. The summed E-state index contributed by atoms with van der Waals surface area (Å²) < 4.78 is 5.25. The third-order valence-corrected chi connectivity index (χ3v) is 2.38. The highest BCUT2D eigenvalue weighted by Gasteiger charge is 2.31. The number of nitriles is 1. The Kier molecular flexibility index (Phi) is 3.57. The van der Waals surface area contributed by atoms with Crippen LogP contribution in [0.5, 0.6) is 0 Å². The minimum absolute atomic E-state index is 0.125. The van der Waals surface area contributed by atoms with E-state index in [0.717, 1.165) is 19.3 Å². The molecule has 0 aromatic heterocycles. The molecule has 84 valence electrons. The zero-order valence-corrected chi connectivity index (χ0v) is 9.62. The van der Waals surface area contributed by atoms with E-state index in [2.05, 4.69) is 0 Å². The lowest BCUT2D eigenvalue weighted by Crippen LogP contribution is -2.46. The van der Waals surface area contributed by atoms with Gasteiger partial charge in [-0.25, -0.2) is 4.79 Å². The van der Waals surface area contributed by atoms with Gasteiger partial charge in [-0.2, -0.15) is 5.26 Å². The van der Waals surface area contributed by atoms with Crippen LogP contribution in [-0.2, 0) is 4.74 Å². The molecule has 1 rings (SSSR count). The molecule has 4 heteroatoms. The Bertz CT molecular complexity index is 271. The summed E-state index contributed by atoms with van der Waals surface area (Å²) in [6, 6.07) is 2.22. The number of amides is 1. The number of rotatable bonds is 2. The molecule has 0 N–H and O–H groups in total. The van der Waals surface area contributed by atoms with Gasteiger partial charge in [-0.3, -0.25) is 4.90 Å². The Labute approximate surface area is 90.8 Å². The summed E-state index contributed by atoms with van der Waals surface area (Å²) in [6.07, 6.45) is 2.74. The number of ether oxygens (including phenoxy) is 1. The zero-order chi connectivity index (χ0) is 11.5. The van der Waals surface area contributed by atoms with Crippen LogP contribution in [0.15, 0.2) is 0 Å². The number of carbonyl (C=O) groups excluding carboxylic acids is 1. The van der Waals surface area contributed by atoms with Crippen molar-refractivity contribution in [3.05, 3.63) is 0 Å². The van der Waals surface area contributed by atoms with Crippen molar-refractivity contribution in [3.8, 4) is 6.07 Å². The zero-order valence-electron chi connectivity index (χ0n) is 9.62. The van der Waals surface area contributed by atoms with E-state index in [0.29, 0.717) is 0 Å². The fourth-order valence-electron chi connectivity index (χ4n) is 1.44. The summed E-state index contributed by atoms with van der Waals surface area (Å²) >= 11 is 0. The summed E-state index contributed by atoms with van der Waals surface area (Å²) in [5.74, 6) is 0. The van der Waals surface area contributed by atoms with Crippen molar-refractivity contribution < 1.29 is 9.53 Å². The second-order valence-electron chi connectivity index (χ2n) is 4.85. The molecule has 1 aliphatic rings. The third kappa shape index (κ3) is 3.43. The molecular weight excluding hydrogens is 192 g/mol. The Balaban J connectivity index is 2.55. The molecule has 1 fully saturated rings. The van der Waals surface area contributed by atoms with E-state index in [-0.39, 0.29) is 18.7 Å². The molecular formula is C11H18N2O2. The predicted molar refractivity (Wildman–Crippen MR) is 56.2 cm³/mol. The molecule has 15 heavy (non-hydrogen) atoms. The second kappa shape index (κ2) is 4.52. The van der Waals surface area contributed by atoms with Gasteiger partial charge in [0.15, 0.2) is 0 Å². The van der Waals surface area contributed by atoms with Gasteiger partial charge in [0.1, 0.15) is 12.1 Å². The molecule has 0 aromatic rings. The number of nitrogens with zero attached hydrogens (tertiary/aromatic N) is 2. The molecule has 0 atom stereocenters. The van der Waals surface area contributed by atoms with Crippen LogP contribution in [0.2, 0.25) is 0 Å². The summed E-state index contributed by atoms with van der Waals surface area (Å²) in [5, 5.41) is 8.65. The van der Waals surface area contributed by atoms with Crippen LogP contribution in [0.3, 0.4) is 0 Å². The Morgan fingerprint density at radius 2 is 2.13 bits per heavy atom. The average Bonchev–Trinajstić information content (AvgIpc) is 1.96. The SMILES string of the molecule is CC(C)(C)OC(=O)N(CC#N)C1CCC1. The molecule has 0 heterocycles. The topological polar surface area (TPSA) is 53.3 Å². The Morgan fingerprint density at radius 1 is 1.53 bits per heavy atom. The number of hydrogen-bond acceptors (Lipinski definition) is 3. The normalized spacial score (nSPS) is 16.4. The summed E-state index contributed by atoms with van der Waals surface area (Å²) in [4.78, 5) is 13.3. The molecule has 0 saturated heterocycles. The minimum Gasteiger partial charge on any atom is -0.444 e. The lowest BCUT2D eigenvalue weighted by Gasteiger charge is -2.36. The molecule has 0 aliphatic heterocycles. The van der Waals surface area contributed by atoms with Crippen molar-refractivity contribution in [1.29, 1.82) is 5.26 Å². The quantitative estimate of drug-likeness (QED) is 0.657. The van der Waals surface area contributed by atoms with Crippen LogP contribution < -0.4 is 0 Å². The van der Waals surface area contributed by atoms with E-state index in [1.165, 1.54) is 4.90 Å². The van der Waals surface area contributed by atoms with Gasteiger partial charge in [0, 0.05) is 6.04 Å². The van der Waals surface area contributed by atoms with Gasteiger partial charge in [-0.05, 0) is 40.0 Å². The number of carbonyl (C=O) groups is 1. The van der Waals surface area contributed by atoms with Gasteiger partial charge >= 0.3 is 6.09 Å². The smallest absolute Gasteiger partial charge is 0.411 e. The predicted octanol–water partition coefficient (Wildman–Crippen LogP) is 2.30. The largest absolute Gasteiger partial charge is 0.444 e. The van der Waals surface area contributed by atoms with E-state index in [4.69, 9.17) is 10.00 Å². The minimum atomic E-state index is -0.492. The van der Waals surface area contributed by atoms with Crippen LogP contribution in [-0.4, -0.2) is 29.2 Å². The van der Waals surface area contributed by atoms with Crippen molar-refractivity contribution in [1.82, 2.24) is 4.90 Å². The molecule has 1 amide bonds. The molecule has 0 radical (unpaired) electrons. The first-order valence-electron chi connectivity index (χ1n) is 5.30. The van der Waals surface area contributed by atoms with E-state index in [1.807, 2.05) is 26.8 Å². The van der Waals surface area contributed by atoms with E-state index in [1.54, 1.807) is 0 Å². The van der Waals surface area contributed by atoms with Crippen LogP contribution in [0.25, 0.3) is 0 Å². The van der Waals surface area contributed by atoms with Crippen molar-refractivity contribution in [2.75, 3.05) is 6.54 Å². The molecule has 0 aromatic carbocycles. The van der Waals surface area contributed by atoms with Gasteiger partial charge < -0.3 is 4.74 Å². The van der Waals surface area contributed by atoms with Crippen LogP contribution in [0.4, 0.5) is 4.79 Å². The summed E-state index contributed by atoms with van der Waals surface area (Å²) in [7, 11) is 0. The van der Waals surface area contributed by atoms with E-state index >= 15 is 0 Å². The molecule has 0 bridgehead atoms. The van der Waals surface area contributed by atoms with Crippen molar-refractivity contribution in [2.45, 2.75) is 51.7 Å². The first-order valence-corrected chi connectivity index (χ1v) is 5.30. The van der Waals surface area contributed by atoms with Gasteiger partial charge in [0.2, 0.25) is 0 Å². The van der Waals surface area contributed by atoms with Crippen LogP contribution in [0.1, 0.15) is 40.0 Å². The van der Waals surface area contributed by atoms with E-state index in [9.17, 15) is 4.79 Å². The van der Waals surface area contributed by atoms with Crippen molar-refractivity contribution >= 4 is 6.09 Å². The van der Waals surface area contributed by atoms with E-state index < -0.39 is 5.60 Å². The fourth-order valence-corrected chi connectivity index (χ4v) is 1.44. The maximum atomic E-state index is 11.7. The maximum Gasteiger partial charge on any atom is 0.411 e. The molecule has 4 nitrogen and oxygen atoms in total. The molecule has 0 unspecified atom stereocenters. The van der Waals surface area contributed by atoms with Gasteiger partial charge in [0.25, 0.3) is 0 Å². The fraction of sp³-hybridized carbons (Fsp3) is 0.818. The van der Waals surface area contributed by atoms with Crippen molar-refractivity contribution in [3.63, 3.8) is 0 Å².